The number of sulfonamides is 1. The zero-order valence-electron chi connectivity index (χ0n) is 11.0. The van der Waals surface area contributed by atoms with Gasteiger partial charge in [-0.2, -0.15) is 0 Å². The Bertz CT molecular complexity index is 547. The third kappa shape index (κ3) is 3.83. The number of benzene rings is 1. The van der Waals surface area contributed by atoms with E-state index in [4.69, 9.17) is 23.2 Å². The van der Waals surface area contributed by atoms with E-state index in [1.807, 2.05) is 0 Å². The van der Waals surface area contributed by atoms with Gasteiger partial charge in [0.25, 0.3) is 0 Å². The third-order valence-electron chi connectivity index (χ3n) is 2.84. The minimum atomic E-state index is -3.80. The Morgan fingerprint density at radius 3 is 2.47 bits per heavy atom. The average Bonchev–Trinajstić information content (AvgIpc) is 2.33. The number of aryl methyl sites for hydroxylation is 1. The normalized spacial score (nSPS) is 13.6. The Labute approximate surface area is 123 Å². The van der Waals surface area contributed by atoms with Gasteiger partial charge in [0, 0.05) is 11.6 Å². The minimum Gasteiger partial charge on any atom is -0.392 e. The van der Waals surface area contributed by atoms with Crippen LogP contribution in [0.5, 0.6) is 0 Å². The maximum absolute atomic E-state index is 12.2. The second-order valence-electron chi connectivity index (χ2n) is 4.36. The van der Waals surface area contributed by atoms with Gasteiger partial charge in [0.05, 0.1) is 11.1 Å². The fraction of sp³-hybridized carbons (Fsp3) is 0.500. The summed E-state index contributed by atoms with van der Waals surface area (Å²) in [6.07, 6.45) is -0.266. The Hall–Kier alpha value is -0.330. The van der Waals surface area contributed by atoms with Crippen LogP contribution < -0.4 is 4.72 Å². The van der Waals surface area contributed by atoms with Crippen LogP contribution in [0.1, 0.15) is 24.5 Å². The standard InChI is InChI=1S/C12H17Cl2NO3S/c1-4-9(16)6-15-19(17,18)12-8(3)10(13)5-7(2)11(12)14/h5,9,15-16H,4,6H2,1-3H3. The molecule has 1 unspecified atom stereocenters. The first-order valence-electron chi connectivity index (χ1n) is 5.83. The van der Waals surface area contributed by atoms with Crippen LogP contribution in [0.25, 0.3) is 0 Å². The van der Waals surface area contributed by atoms with Crippen LogP contribution in [0.4, 0.5) is 0 Å². The van der Waals surface area contributed by atoms with Gasteiger partial charge in [0.15, 0.2) is 0 Å². The van der Waals surface area contributed by atoms with Crippen molar-refractivity contribution in [3.05, 3.63) is 27.2 Å². The molecular weight excluding hydrogens is 309 g/mol. The highest BCUT2D eigenvalue weighted by molar-refractivity contribution is 7.89. The summed E-state index contributed by atoms with van der Waals surface area (Å²) in [5.41, 5.74) is 0.990. The molecule has 0 aliphatic heterocycles. The monoisotopic (exact) mass is 325 g/mol. The minimum absolute atomic E-state index is 0.0255. The van der Waals surface area contributed by atoms with Gasteiger partial charge in [-0.05, 0) is 37.5 Å². The van der Waals surface area contributed by atoms with Crippen molar-refractivity contribution in [3.63, 3.8) is 0 Å². The molecule has 1 aromatic rings. The van der Waals surface area contributed by atoms with Crippen LogP contribution in [0.2, 0.25) is 10.0 Å². The lowest BCUT2D eigenvalue weighted by Gasteiger charge is -2.15. The summed E-state index contributed by atoms with van der Waals surface area (Å²) >= 11 is 12.1. The first-order chi connectivity index (χ1) is 8.70. The van der Waals surface area contributed by atoms with E-state index in [0.717, 1.165) is 0 Å². The molecule has 1 aromatic carbocycles. The highest BCUT2D eigenvalue weighted by Crippen LogP contribution is 2.33. The van der Waals surface area contributed by atoms with E-state index in [1.165, 1.54) is 0 Å². The van der Waals surface area contributed by atoms with Gasteiger partial charge in [0.2, 0.25) is 10.0 Å². The molecule has 0 saturated carbocycles. The van der Waals surface area contributed by atoms with Crippen LogP contribution in [-0.4, -0.2) is 26.2 Å². The molecule has 0 aliphatic carbocycles. The number of nitrogens with one attached hydrogen (secondary N) is 1. The number of hydrogen-bond donors (Lipinski definition) is 2. The van der Waals surface area contributed by atoms with Gasteiger partial charge in [-0.25, -0.2) is 13.1 Å². The fourth-order valence-electron chi connectivity index (χ4n) is 1.56. The van der Waals surface area contributed by atoms with Gasteiger partial charge in [0.1, 0.15) is 4.90 Å². The predicted octanol–water partition coefficient (Wildman–Crippen LogP) is 2.66. The summed E-state index contributed by atoms with van der Waals surface area (Å²) in [5.74, 6) is 0. The van der Waals surface area contributed by atoms with Gasteiger partial charge >= 0.3 is 0 Å². The number of aliphatic hydroxyl groups is 1. The smallest absolute Gasteiger partial charge is 0.242 e. The fourth-order valence-corrected chi connectivity index (χ4v) is 3.84. The van der Waals surface area contributed by atoms with Crippen LogP contribution in [0.15, 0.2) is 11.0 Å². The van der Waals surface area contributed by atoms with Crippen molar-refractivity contribution in [2.45, 2.75) is 38.2 Å². The molecule has 0 saturated heterocycles. The van der Waals surface area contributed by atoms with Crippen molar-refractivity contribution < 1.29 is 13.5 Å². The van der Waals surface area contributed by atoms with Gasteiger partial charge in [-0.15, -0.1) is 0 Å². The SMILES string of the molecule is CCC(O)CNS(=O)(=O)c1c(C)c(Cl)cc(C)c1Cl. The molecule has 0 aliphatic rings. The van der Waals surface area contributed by atoms with Crippen LogP contribution in [0.3, 0.4) is 0 Å². The lowest BCUT2D eigenvalue weighted by atomic mass is 10.2. The van der Waals surface area contributed by atoms with E-state index < -0.39 is 16.1 Å². The molecule has 1 rings (SSSR count). The average molecular weight is 326 g/mol. The molecule has 0 fully saturated rings. The van der Waals surface area contributed by atoms with E-state index in [9.17, 15) is 13.5 Å². The van der Waals surface area contributed by atoms with Gasteiger partial charge < -0.3 is 5.11 Å². The number of rotatable bonds is 5. The van der Waals surface area contributed by atoms with Crippen LogP contribution in [-0.2, 0) is 10.0 Å². The van der Waals surface area contributed by atoms with E-state index in [1.54, 1.807) is 26.8 Å². The zero-order chi connectivity index (χ0) is 14.8. The summed E-state index contributed by atoms with van der Waals surface area (Å²) in [6.45, 7) is 4.99. The van der Waals surface area contributed by atoms with E-state index in [0.29, 0.717) is 22.6 Å². The number of hydrogen-bond acceptors (Lipinski definition) is 3. The van der Waals surface area contributed by atoms with Gasteiger partial charge in [-0.3, -0.25) is 0 Å². The Kier molecular flexibility index (Phi) is 5.65. The van der Waals surface area contributed by atoms with E-state index >= 15 is 0 Å². The van der Waals surface area contributed by atoms with Crippen LogP contribution >= 0.6 is 23.2 Å². The maximum Gasteiger partial charge on any atom is 0.242 e. The summed E-state index contributed by atoms with van der Waals surface area (Å²) in [4.78, 5) is -0.0255. The first kappa shape index (κ1) is 16.7. The van der Waals surface area contributed by atoms with Crippen molar-refractivity contribution in [1.29, 1.82) is 0 Å². The quantitative estimate of drug-likeness (QED) is 0.874. The second-order valence-corrected chi connectivity index (χ2v) is 6.85. The lowest BCUT2D eigenvalue weighted by Crippen LogP contribution is -2.32. The Morgan fingerprint density at radius 2 is 1.95 bits per heavy atom. The number of aliphatic hydroxyl groups excluding tert-OH is 1. The molecule has 7 heteroatoms. The first-order valence-corrected chi connectivity index (χ1v) is 8.07. The summed E-state index contributed by atoms with van der Waals surface area (Å²) in [6, 6.07) is 1.62. The van der Waals surface area contributed by atoms with Crippen molar-refractivity contribution in [1.82, 2.24) is 4.72 Å². The molecular formula is C12H17Cl2NO3S. The van der Waals surface area contributed by atoms with E-state index in [-0.39, 0.29) is 16.5 Å². The Balaban J connectivity index is 3.22. The summed E-state index contributed by atoms with van der Waals surface area (Å²) < 4.78 is 26.8. The maximum atomic E-state index is 12.2. The molecule has 4 nitrogen and oxygen atoms in total. The van der Waals surface area contributed by atoms with Crippen molar-refractivity contribution in [2.24, 2.45) is 0 Å². The molecule has 0 bridgehead atoms. The molecule has 0 spiro atoms. The molecule has 19 heavy (non-hydrogen) atoms. The van der Waals surface area contributed by atoms with Gasteiger partial charge in [-0.1, -0.05) is 30.1 Å². The van der Waals surface area contributed by atoms with Crippen LogP contribution in [0, 0.1) is 13.8 Å². The zero-order valence-corrected chi connectivity index (χ0v) is 13.3. The number of halogens is 2. The van der Waals surface area contributed by atoms with E-state index in [2.05, 4.69) is 4.72 Å². The molecule has 1 atom stereocenters. The lowest BCUT2D eigenvalue weighted by molar-refractivity contribution is 0.174. The molecule has 2 N–H and O–H groups in total. The molecule has 0 amide bonds. The third-order valence-corrected chi connectivity index (χ3v) is 5.42. The largest absolute Gasteiger partial charge is 0.392 e. The second kappa shape index (κ2) is 6.41. The van der Waals surface area contributed by atoms with Crippen molar-refractivity contribution in [3.8, 4) is 0 Å². The predicted molar refractivity (Wildman–Crippen MR) is 77.4 cm³/mol. The molecule has 0 heterocycles. The highest BCUT2D eigenvalue weighted by Gasteiger charge is 2.24. The highest BCUT2D eigenvalue weighted by atomic mass is 35.5. The summed E-state index contributed by atoms with van der Waals surface area (Å²) in [5, 5.41) is 9.93. The topological polar surface area (TPSA) is 66.4 Å². The molecule has 0 radical (unpaired) electrons. The van der Waals surface area contributed by atoms with Crippen molar-refractivity contribution >= 4 is 33.2 Å². The summed E-state index contributed by atoms with van der Waals surface area (Å²) in [7, 11) is -3.80. The molecule has 108 valence electrons. The van der Waals surface area contributed by atoms with Crippen molar-refractivity contribution in [2.75, 3.05) is 6.54 Å². The Morgan fingerprint density at radius 1 is 1.37 bits per heavy atom. The molecule has 0 aromatic heterocycles.